The predicted molar refractivity (Wildman–Crippen MR) is 96.4 cm³/mol. The summed E-state index contributed by atoms with van der Waals surface area (Å²) in [5.74, 6) is -0.536. The van der Waals surface area contributed by atoms with E-state index in [9.17, 15) is 18.5 Å². The highest BCUT2D eigenvalue weighted by Gasteiger charge is 2.16. The van der Waals surface area contributed by atoms with Crippen LogP contribution in [0.25, 0.3) is 0 Å². The van der Waals surface area contributed by atoms with Gasteiger partial charge in [-0.1, -0.05) is 24.6 Å². The Morgan fingerprint density at radius 2 is 1.96 bits per heavy atom. The van der Waals surface area contributed by atoms with Gasteiger partial charge >= 0.3 is 5.97 Å². The third-order valence-corrected chi connectivity index (χ3v) is 5.64. The fraction of sp³-hybridized carbons (Fsp3) is 0.222. The van der Waals surface area contributed by atoms with Crippen LogP contribution < -0.4 is 4.74 Å². The minimum absolute atomic E-state index is 0.0427. The molecule has 0 aliphatic rings. The molecule has 2 aromatic carbocycles. The van der Waals surface area contributed by atoms with E-state index in [1.807, 2.05) is 6.07 Å². The van der Waals surface area contributed by atoms with E-state index in [2.05, 4.69) is 0 Å². The molecule has 2 rings (SSSR count). The normalized spacial score (nSPS) is 11.0. The number of ether oxygens (including phenoxy) is 1. The maximum Gasteiger partial charge on any atom is 0.303 e. The maximum absolute atomic E-state index is 12.0. The Morgan fingerprint density at radius 3 is 2.58 bits per heavy atom. The zero-order chi connectivity index (χ0) is 19.3. The molecule has 2 aromatic rings. The molecule has 0 saturated heterocycles. The second-order valence-corrected chi connectivity index (χ2v) is 8.14. The lowest BCUT2D eigenvalue weighted by molar-refractivity contribution is -0.136. The van der Waals surface area contributed by atoms with Crippen LogP contribution in [-0.2, 0) is 21.1 Å². The summed E-state index contributed by atoms with van der Waals surface area (Å²) >= 11 is 5.98. The van der Waals surface area contributed by atoms with Gasteiger partial charge in [0.25, 0.3) is 0 Å². The van der Waals surface area contributed by atoms with Crippen molar-refractivity contribution in [2.45, 2.75) is 24.7 Å². The number of aryl methyl sites for hydroxylation is 1. The molecular weight excluding hydrogens is 378 g/mol. The average Bonchev–Trinajstić information content (AvgIpc) is 2.61. The molecule has 0 bridgehead atoms. The van der Waals surface area contributed by atoms with Gasteiger partial charge in [-0.15, -0.1) is 0 Å². The van der Waals surface area contributed by atoms with E-state index in [1.54, 1.807) is 12.1 Å². The number of carboxylic acids is 1. The van der Waals surface area contributed by atoms with Crippen molar-refractivity contribution in [2.75, 3.05) is 5.75 Å². The number of carbonyl (C=O) groups is 1. The van der Waals surface area contributed by atoms with Gasteiger partial charge in [-0.05, 0) is 42.3 Å². The second kappa shape index (κ2) is 8.21. The quantitative estimate of drug-likeness (QED) is 0.766. The molecule has 0 aliphatic heterocycles. The van der Waals surface area contributed by atoms with E-state index in [0.29, 0.717) is 16.3 Å². The predicted octanol–water partition coefficient (Wildman–Crippen LogP) is 3.81. The Hall–Kier alpha value is -2.56. The van der Waals surface area contributed by atoms with Crippen LogP contribution in [0.4, 0.5) is 0 Å². The van der Waals surface area contributed by atoms with E-state index < -0.39 is 15.8 Å². The molecule has 0 saturated carbocycles. The molecule has 6 nitrogen and oxygen atoms in total. The maximum atomic E-state index is 12.0. The Kier molecular flexibility index (Phi) is 6.24. The molecule has 0 fully saturated rings. The highest BCUT2D eigenvalue weighted by Crippen LogP contribution is 2.32. The first-order valence-corrected chi connectivity index (χ1v) is 9.75. The Balaban J connectivity index is 2.41. The van der Waals surface area contributed by atoms with E-state index >= 15 is 0 Å². The average molecular weight is 394 g/mol. The molecule has 0 unspecified atom stereocenters. The van der Waals surface area contributed by atoms with Crippen molar-refractivity contribution in [1.29, 1.82) is 5.26 Å². The summed E-state index contributed by atoms with van der Waals surface area (Å²) < 4.78 is 29.7. The number of sulfone groups is 1. The number of nitrogens with zero attached hydrogens (tertiary/aromatic N) is 1. The number of hydrogen-bond acceptors (Lipinski definition) is 5. The molecule has 0 aliphatic carbocycles. The fourth-order valence-corrected chi connectivity index (χ4v) is 3.30. The minimum atomic E-state index is -3.45. The molecule has 0 aromatic heterocycles. The number of aliphatic carboxylic acids is 1. The van der Waals surface area contributed by atoms with E-state index in [1.165, 1.54) is 31.2 Å². The van der Waals surface area contributed by atoms with Gasteiger partial charge in [0, 0.05) is 11.4 Å². The Bertz CT molecular complexity index is 980. The smallest absolute Gasteiger partial charge is 0.303 e. The zero-order valence-electron chi connectivity index (χ0n) is 13.9. The monoisotopic (exact) mass is 393 g/mol. The molecule has 0 amide bonds. The van der Waals surface area contributed by atoms with E-state index in [-0.39, 0.29) is 34.8 Å². The summed E-state index contributed by atoms with van der Waals surface area (Å²) in [7, 11) is -3.45. The highest BCUT2D eigenvalue weighted by atomic mass is 35.5. The number of nitriles is 1. The van der Waals surface area contributed by atoms with Crippen molar-refractivity contribution < 1.29 is 23.1 Å². The lowest BCUT2D eigenvalue weighted by Gasteiger charge is -2.13. The molecule has 0 radical (unpaired) electrons. The highest BCUT2D eigenvalue weighted by molar-refractivity contribution is 7.91. The first-order valence-electron chi connectivity index (χ1n) is 7.71. The van der Waals surface area contributed by atoms with Gasteiger partial charge in [0.1, 0.15) is 17.6 Å². The summed E-state index contributed by atoms with van der Waals surface area (Å²) in [5.41, 5.74) is 0.676. The first kappa shape index (κ1) is 19.8. The second-order valence-electron chi connectivity index (χ2n) is 5.42. The number of hydrogen-bond donors (Lipinski definition) is 1. The third-order valence-electron chi connectivity index (χ3n) is 3.67. The topological polar surface area (TPSA) is 104 Å². The first-order chi connectivity index (χ1) is 12.3. The molecular formula is C18H16ClNO5S. The van der Waals surface area contributed by atoms with Crippen LogP contribution in [0, 0.1) is 11.3 Å². The van der Waals surface area contributed by atoms with Crippen LogP contribution in [-0.4, -0.2) is 25.2 Å². The molecule has 1 N–H and O–H groups in total. The number of carboxylic acid groups (broad SMARTS) is 1. The van der Waals surface area contributed by atoms with Crippen molar-refractivity contribution in [2.24, 2.45) is 0 Å². The summed E-state index contributed by atoms with van der Waals surface area (Å²) in [6.45, 7) is 1.52. The van der Waals surface area contributed by atoms with E-state index in [4.69, 9.17) is 21.4 Å². The lowest BCUT2D eigenvalue weighted by atomic mass is 10.1. The standard InChI is InChI=1S/C18H16ClNO5S/c1-2-26(23,24)15-6-7-16(13(9-15)11-20)25-17-10-14(19)5-3-12(17)4-8-18(21)22/h3,5-7,9-10H,2,4,8H2,1H3,(H,21,22). The van der Waals surface area contributed by atoms with Crippen LogP contribution in [0.1, 0.15) is 24.5 Å². The summed E-state index contributed by atoms with van der Waals surface area (Å²) in [6.07, 6.45) is 0.142. The van der Waals surface area contributed by atoms with Crippen molar-refractivity contribution >= 4 is 27.4 Å². The summed E-state index contributed by atoms with van der Waals surface area (Å²) in [4.78, 5) is 10.8. The van der Waals surface area contributed by atoms with Gasteiger partial charge in [0.05, 0.1) is 16.2 Å². The summed E-state index contributed by atoms with van der Waals surface area (Å²) in [6, 6.07) is 10.8. The lowest BCUT2D eigenvalue weighted by Crippen LogP contribution is -2.04. The van der Waals surface area contributed by atoms with Gasteiger partial charge in [-0.2, -0.15) is 5.26 Å². The molecule has 26 heavy (non-hydrogen) atoms. The Labute approximate surface area is 156 Å². The van der Waals surface area contributed by atoms with Gasteiger partial charge in [-0.3, -0.25) is 4.79 Å². The van der Waals surface area contributed by atoms with E-state index in [0.717, 1.165) is 0 Å². The minimum Gasteiger partial charge on any atom is -0.481 e. The van der Waals surface area contributed by atoms with Crippen molar-refractivity contribution in [3.63, 3.8) is 0 Å². The third kappa shape index (κ3) is 4.75. The van der Waals surface area contributed by atoms with Gasteiger partial charge < -0.3 is 9.84 Å². The Morgan fingerprint density at radius 1 is 1.23 bits per heavy atom. The molecule has 0 atom stereocenters. The van der Waals surface area contributed by atoms with Gasteiger partial charge in [0.15, 0.2) is 9.84 Å². The largest absolute Gasteiger partial charge is 0.481 e. The molecule has 0 heterocycles. The molecule has 8 heteroatoms. The van der Waals surface area contributed by atoms with Crippen LogP contribution in [0.2, 0.25) is 5.02 Å². The van der Waals surface area contributed by atoms with Crippen molar-refractivity contribution in [3.05, 3.63) is 52.5 Å². The molecule has 0 spiro atoms. The van der Waals surface area contributed by atoms with Crippen LogP contribution >= 0.6 is 11.6 Å². The van der Waals surface area contributed by atoms with Crippen LogP contribution in [0.5, 0.6) is 11.5 Å². The SMILES string of the molecule is CCS(=O)(=O)c1ccc(Oc2cc(Cl)ccc2CCC(=O)O)c(C#N)c1. The van der Waals surface area contributed by atoms with Crippen molar-refractivity contribution in [1.82, 2.24) is 0 Å². The zero-order valence-corrected chi connectivity index (χ0v) is 15.5. The summed E-state index contributed by atoms with van der Waals surface area (Å²) in [5, 5.41) is 18.6. The van der Waals surface area contributed by atoms with Crippen molar-refractivity contribution in [3.8, 4) is 17.6 Å². The fourth-order valence-electron chi connectivity index (χ4n) is 2.24. The van der Waals surface area contributed by atoms with Gasteiger partial charge in [-0.25, -0.2) is 8.42 Å². The van der Waals surface area contributed by atoms with Gasteiger partial charge in [0.2, 0.25) is 0 Å². The number of rotatable bonds is 7. The molecule has 136 valence electrons. The number of benzene rings is 2. The number of halogens is 1. The van der Waals surface area contributed by atoms with Crippen LogP contribution in [0.15, 0.2) is 41.3 Å². The van der Waals surface area contributed by atoms with Crippen LogP contribution in [0.3, 0.4) is 0 Å².